The zero-order valence-electron chi connectivity index (χ0n) is 10.7. The van der Waals surface area contributed by atoms with E-state index in [-0.39, 0.29) is 11.2 Å². The van der Waals surface area contributed by atoms with Crippen molar-refractivity contribution in [3.63, 3.8) is 0 Å². The van der Waals surface area contributed by atoms with Crippen molar-refractivity contribution < 1.29 is 9.53 Å². The summed E-state index contributed by atoms with van der Waals surface area (Å²) >= 11 is 0. The molecule has 1 N–H and O–H groups in total. The molecule has 0 aromatic heterocycles. The maximum absolute atomic E-state index is 12.5. The van der Waals surface area contributed by atoms with E-state index in [2.05, 4.69) is 5.32 Å². The zero-order valence-corrected chi connectivity index (χ0v) is 10.7. The lowest BCUT2D eigenvalue weighted by molar-refractivity contribution is 0.0839. The molecule has 0 bridgehead atoms. The Bertz CT molecular complexity index is 434. The first-order valence-corrected chi connectivity index (χ1v) is 5.97. The first kappa shape index (κ1) is 12.1. The van der Waals surface area contributed by atoms with Gasteiger partial charge in [-0.15, -0.1) is 0 Å². The summed E-state index contributed by atoms with van der Waals surface area (Å²) in [4.78, 5) is 12.5. The van der Waals surface area contributed by atoms with Gasteiger partial charge >= 0.3 is 0 Å². The summed E-state index contributed by atoms with van der Waals surface area (Å²) in [6, 6.07) is 5.64. The first-order chi connectivity index (χ1) is 8.07. The summed E-state index contributed by atoms with van der Waals surface area (Å²) in [5, 5.41) is 3.26. The van der Waals surface area contributed by atoms with Gasteiger partial charge in [0.2, 0.25) is 0 Å². The van der Waals surface area contributed by atoms with Crippen molar-refractivity contribution in [1.29, 1.82) is 0 Å². The number of hydrogen-bond acceptors (Lipinski definition) is 3. The minimum absolute atomic E-state index is 0.239. The van der Waals surface area contributed by atoms with Gasteiger partial charge in [-0.3, -0.25) is 4.79 Å². The number of ether oxygens (including phenoxy) is 1. The molecule has 2 rings (SSSR count). The number of benzene rings is 1. The Morgan fingerprint density at radius 3 is 2.76 bits per heavy atom. The third kappa shape index (κ3) is 2.20. The van der Waals surface area contributed by atoms with Crippen LogP contribution in [-0.2, 0) is 0 Å². The number of ketones is 1. The van der Waals surface area contributed by atoms with Gasteiger partial charge < -0.3 is 10.1 Å². The maximum atomic E-state index is 12.5. The van der Waals surface area contributed by atoms with Crippen LogP contribution in [0, 0.1) is 12.3 Å². The molecule has 0 amide bonds. The van der Waals surface area contributed by atoms with Crippen LogP contribution in [0.5, 0.6) is 5.75 Å². The highest BCUT2D eigenvalue weighted by molar-refractivity contribution is 6.02. The van der Waals surface area contributed by atoms with Crippen LogP contribution in [0.3, 0.4) is 0 Å². The van der Waals surface area contributed by atoms with Gasteiger partial charge in [0.05, 0.1) is 7.11 Å². The predicted octanol–water partition coefficient (Wildman–Crippen LogP) is 2.19. The fourth-order valence-electron chi connectivity index (χ4n) is 2.35. The second kappa shape index (κ2) is 4.49. The fourth-order valence-corrected chi connectivity index (χ4v) is 2.35. The summed E-state index contributed by atoms with van der Waals surface area (Å²) in [6.07, 6.45) is 0.914. The van der Waals surface area contributed by atoms with Crippen LogP contribution in [0.2, 0.25) is 0 Å². The molecule has 3 heteroatoms. The monoisotopic (exact) mass is 233 g/mol. The Hall–Kier alpha value is -1.35. The molecule has 0 saturated carbocycles. The number of aryl methyl sites for hydroxylation is 1. The second-order valence-electron chi connectivity index (χ2n) is 5.00. The van der Waals surface area contributed by atoms with E-state index < -0.39 is 0 Å². The molecule has 1 aliphatic rings. The number of rotatable bonds is 3. The van der Waals surface area contributed by atoms with Crippen molar-refractivity contribution >= 4 is 5.78 Å². The Kier molecular flexibility index (Phi) is 3.20. The molecule has 1 aliphatic heterocycles. The number of Topliss-reactive ketones (excluding diaryl/α,β-unsaturated/α-hetero) is 1. The highest BCUT2D eigenvalue weighted by Gasteiger charge is 2.37. The summed E-state index contributed by atoms with van der Waals surface area (Å²) in [6.45, 7) is 5.70. The van der Waals surface area contributed by atoms with Crippen LogP contribution in [0.1, 0.15) is 29.3 Å². The largest absolute Gasteiger partial charge is 0.497 e. The number of carbonyl (C=O) groups is 1. The van der Waals surface area contributed by atoms with Crippen molar-refractivity contribution in [2.24, 2.45) is 5.41 Å². The average molecular weight is 233 g/mol. The summed E-state index contributed by atoms with van der Waals surface area (Å²) in [7, 11) is 1.64. The van der Waals surface area contributed by atoms with Crippen LogP contribution in [0.15, 0.2) is 18.2 Å². The van der Waals surface area contributed by atoms with Gasteiger partial charge in [0.1, 0.15) is 5.75 Å². The molecular weight excluding hydrogens is 214 g/mol. The second-order valence-corrected chi connectivity index (χ2v) is 5.00. The smallest absolute Gasteiger partial charge is 0.170 e. The molecular formula is C14H19NO2. The lowest BCUT2D eigenvalue weighted by Gasteiger charge is -2.22. The van der Waals surface area contributed by atoms with E-state index in [1.807, 2.05) is 32.0 Å². The Balaban J connectivity index is 2.31. The summed E-state index contributed by atoms with van der Waals surface area (Å²) < 4.78 is 5.16. The topological polar surface area (TPSA) is 38.3 Å². The van der Waals surface area contributed by atoms with E-state index in [0.717, 1.165) is 36.4 Å². The Morgan fingerprint density at radius 1 is 1.47 bits per heavy atom. The highest BCUT2D eigenvalue weighted by Crippen LogP contribution is 2.31. The molecule has 0 spiro atoms. The molecule has 3 nitrogen and oxygen atoms in total. The molecule has 0 aliphatic carbocycles. The third-order valence-corrected chi connectivity index (χ3v) is 3.60. The molecule has 1 saturated heterocycles. The van der Waals surface area contributed by atoms with Crippen LogP contribution in [0.25, 0.3) is 0 Å². The average Bonchev–Trinajstić information content (AvgIpc) is 2.76. The molecule has 1 fully saturated rings. The van der Waals surface area contributed by atoms with Gasteiger partial charge in [-0.25, -0.2) is 0 Å². The molecule has 1 aromatic carbocycles. The fraction of sp³-hybridized carbons (Fsp3) is 0.500. The Morgan fingerprint density at radius 2 is 2.24 bits per heavy atom. The minimum Gasteiger partial charge on any atom is -0.497 e. The van der Waals surface area contributed by atoms with Crippen molar-refractivity contribution in [2.75, 3.05) is 20.2 Å². The summed E-state index contributed by atoms with van der Waals surface area (Å²) in [5.41, 5.74) is 1.55. The standard InChI is InChI=1S/C14H19NO2/c1-10-8-11(17-3)4-5-12(10)13(16)14(2)6-7-15-9-14/h4-5,8,15H,6-7,9H2,1-3H3. The summed E-state index contributed by atoms with van der Waals surface area (Å²) in [5.74, 6) is 1.04. The molecule has 1 unspecified atom stereocenters. The lowest BCUT2D eigenvalue weighted by Crippen LogP contribution is -2.30. The normalized spacial score (nSPS) is 23.7. The van der Waals surface area contributed by atoms with Gasteiger partial charge in [-0.05, 0) is 43.7 Å². The van der Waals surface area contributed by atoms with Crippen LogP contribution < -0.4 is 10.1 Å². The first-order valence-electron chi connectivity index (χ1n) is 5.97. The van der Waals surface area contributed by atoms with Crippen molar-refractivity contribution in [2.45, 2.75) is 20.3 Å². The lowest BCUT2D eigenvalue weighted by atomic mass is 9.80. The minimum atomic E-state index is -0.251. The van der Waals surface area contributed by atoms with Crippen LogP contribution >= 0.6 is 0 Å². The van der Waals surface area contributed by atoms with E-state index >= 15 is 0 Å². The number of methoxy groups -OCH3 is 1. The van der Waals surface area contributed by atoms with Crippen LogP contribution in [0.4, 0.5) is 0 Å². The van der Waals surface area contributed by atoms with E-state index in [9.17, 15) is 4.79 Å². The van der Waals surface area contributed by atoms with Crippen molar-refractivity contribution in [3.8, 4) is 5.75 Å². The van der Waals surface area contributed by atoms with Crippen molar-refractivity contribution in [1.82, 2.24) is 5.32 Å². The molecule has 0 radical (unpaired) electrons. The van der Waals surface area contributed by atoms with E-state index in [4.69, 9.17) is 4.74 Å². The number of nitrogens with one attached hydrogen (secondary N) is 1. The molecule has 1 aromatic rings. The van der Waals surface area contributed by atoms with E-state index in [1.165, 1.54) is 0 Å². The van der Waals surface area contributed by atoms with Gasteiger partial charge in [-0.1, -0.05) is 6.92 Å². The predicted molar refractivity (Wildman–Crippen MR) is 67.7 cm³/mol. The molecule has 1 heterocycles. The highest BCUT2D eigenvalue weighted by atomic mass is 16.5. The number of carbonyl (C=O) groups excluding carboxylic acids is 1. The van der Waals surface area contributed by atoms with Crippen LogP contribution in [-0.4, -0.2) is 26.0 Å². The van der Waals surface area contributed by atoms with Gasteiger partial charge in [-0.2, -0.15) is 0 Å². The van der Waals surface area contributed by atoms with E-state index in [1.54, 1.807) is 7.11 Å². The maximum Gasteiger partial charge on any atom is 0.170 e. The molecule has 1 atom stereocenters. The van der Waals surface area contributed by atoms with Crippen molar-refractivity contribution in [3.05, 3.63) is 29.3 Å². The SMILES string of the molecule is COc1ccc(C(=O)C2(C)CCNC2)c(C)c1. The van der Waals surface area contributed by atoms with E-state index in [0.29, 0.717) is 0 Å². The Labute approximate surface area is 102 Å². The van der Waals surface area contributed by atoms with Gasteiger partial charge in [0, 0.05) is 17.5 Å². The van der Waals surface area contributed by atoms with Gasteiger partial charge in [0.25, 0.3) is 0 Å². The number of hydrogen-bond donors (Lipinski definition) is 1. The molecule has 17 heavy (non-hydrogen) atoms. The quantitative estimate of drug-likeness (QED) is 0.813. The zero-order chi connectivity index (χ0) is 12.5. The van der Waals surface area contributed by atoms with Gasteiger partial charge in [0.15, 0.2) is 5.78 Å². The third-order valence-electron chi connectivity index (χ3n) is 3.60. The molecule has 92 valence electrons.